The van der Waals surface area contributed by atoms with Crippen LogP contribution in [0.3, 0.4) is 0 Å². The number of thiophene rings is 2. The molecule has 65 heavy (non-hydrogen) atoms. The molecule has 13 rings (SSSR count). The van der Waals surface area contributed by atoms with E-state index in [-0.39, 0.29) is 0 Å². The Morgan fingerprint density at radius 3 is 1.83 bits per heavy atom. The zero-order valence-electron chi connectivity index (χ0n) is 35.2. The fraction of sp³-hybridized carbons (Fsp3) is 0. The molecule has 0 saturated heterocycles. The van der Waals surface area contributed by atoms with Crippen molar-refractivity contribution in [2.24, 2.45) is 0 Å². The molecule has 13 aromatic rings. The summed E-state index contributed by atoms with van der Waals surface area (Å²) in [6.45, 7) is 0. The largest absolute Gasteiger partial charge is 0.310 e. The highest BCUT2D eigenvalue weighted by Crippen LogP contribution is 2.47. The van der Waals surface area contributed by atoms with E-state index in [9.17, 15) is 0 Å². The summed E-state index contributed by atoms with van der Waals surface area (Å²) in [5.74, 6) is 0. The van der Waals surface area contributed by atoms with E-state index in [2.05, 4.69) is 223 Å². The highest BCUT2D eigenvalue weighted by molar-refractivity contribution is 7.26. The van der Waals surface area contributed by atoms with Crippen LogP contribution in [0.15, 0.2) is 231 Å². The first-order chi connectivity index (χ1) is 32.2. The van der Waals surface area contributed by atoms with Gasteiger partial charge in [-0.15, -0.1) is 22.7 Å². The molecule has 4 heteroatoms. The second-order valence-electron chi connectivity index (χ2n) is 16.7. The lowest BCUT2D eigenvalue weighted by atomic mass is 9.91. The van der Waals surface area contributed by atoms with E-state index in [1.165, 1.54) is 84.1 Å². The van der Waals surface area contributed by atoms with Gasteiger partial charge in [-0.1, -0.05) is 140 Å². The van der Waals surface area contributed by atoms with Crippen molar-refractivity contribution >= 4 is 102 Å². The second-order valence-corrected chi connectivity index (χ2v) is 18.9. The Labute approximate surface area is 384 Å². The molecule has 0 saturated carbocycles. The van der Waals surface area contributed by atoms with Crippen molar-refractivity contribution in [1.29, 1.82) is 0 Å². The van der Waals surface area contributed by atoms with Crippen LogP contribution in [0, 0.1) is 0 Å². The fourth-order valence-electron chi connectivity index (χ4n) is 9.86. The van der Waals surface area contributed by atoms with Crippen molar-refractivity contribution in [1.82, 2.24) is 4.98 Å². The van der Waals surface area contributed by atoms with Gasteiger partial charge in [0, 0.05) is 69.2 Å². The fourth-order valence-corrected chi connectivity index (χ4v) is 12.1. The summed E-state index contributed by atoms with van der Waals surface area (Å²) in [6.07, 6.45) is 1.87. The van der Waals surface area contributed by atoms with Crippen LogP contribution < -0.4 is 4.90 Å². The molecule has 0 N–H and O–H groups in total. The topological polar surface area (TPSA) is 16.1 Å². The number of fused-ring (bicyclic) bond motifs is 9. The molecule has 0 spiro atoms. The van der Waals surface area contributed by atoms with E-state index >= 15 is 0 Å². The van der Waals surface area contributed by atoms with E-state index in [4.69, 9.17) is 4.98 Å². The van der Waals surface area contributed by atoms with E-state index < -0.39 is 0 Å². The van der Waals surface area contributed by atoms with Crippen LogP contribution in [-0.2, 0) is 0 Å². The lowest BCUT2D eigenvalue weighted by molar-refractivity contribution is 1.28. The summed E-state index contributed by atoms with van der Waals surface area (Å²) in [5, 5.41) is 10.2. The first-order valence-electron chi connectivity index (χ1n) is 22.0. The minimum Gasteiger partial charge on any atom is -0.310 e. The quantitative estimate of drug-likeness (QED) is 0.148. The maximum atomic E-state index is 4.78. The van der Waals surface area contributed by atoms with Crippen molar-refractivity contribution in [2.75, 3.05) is 4.90 Å². The molecule has 0 bridgehead atoms. The van der Waals surface area contributed by atoms with Gasteiger partial charge in [0.1, 0.15) is 0 Å². The van der Waals surface area contributed by atoms with Gasteiger partial charge < -0.3 is 4.90 Å². The number of benzene rings is 10. The maximum Gasteiger partial charge on any atom is 0.0702 e. The molecule has 0 aliphatic rings. The van der Waals surface area contributed by atoms with E-state index in [1.54, 1.807) is 0 Å². The Kier molecular flexibility index (Phi) is 8.93. The van der Waals surface area contributed by atoms with Gasteiger partial charge in [0.25, 0.3) is 0 Å². The molecule has 0 atom stereocenters. The van der Waals surface area contributed by atoms with Crippen molar-refractivity contribution < 1.29 is 0 Å². The summed E-state index contributed by atoms with van der Waals surface area (Å²) in [7, 11) is 0. The smallest absolute Gasteiger partial charge is 0.0702 e. The molecular weight excluding hydrogens is 825 g/mol. The van der Waals surface area contributed by atoms with Crippen molar-refractivity contribution in [3.05, 3.63) is 231 Å². The molecule has 304 valence electrons. The first-order valence-corrected chi connectivity index (χ1v) is 23.6. The van der Waals surface area contributed by atoms with Crippen LogP contribution in [0.25, 0.3) is 107 Å². The molecule has 0 aliphatic carbocycles. The van der Waals surface area contributed by atoms with Crippen molar-refractivity contribution in [3.63, 3.8) is 0 Å². The summed E-state index contributed by atoms with van der Waals surface area (Å²) < 4.78 is 5.15. The molecule has 10 aromatic carbocycles. The molecule has 0 amide bonds. The molecular formula is C61H38N2S2. The predicted molar refractivity (Wildman–Crippen MR) is 281 cm³/mol. The van der Waals surface area contributed by atoms with Crippen LogP contribution >= 0.6 is 22.7 Å². The van der Waals surface area contributed by atoms with Gasteiger partial charge in [-0.2, -0.15) is 0 Å². The molecule has 3 heterocycles. The van der Waals surface area contributed by atoms with Gasteiger partial charge >= 0.3 is 0 Å². The Morgan fingerprint density at radius 1 is 0.308 bits per heavy atom. The summed E-state index contributed by atoms with van der Waals surface area (Å²) in [6, 6.07) is 82.4. The van der Waals surface area contributed by atoms with Crippen LogP contribution in [-0.4, -0.2) is 4.98 Å². The predicted octanol–water partition coefficient (Wildman–Crippen LogP) is 18.3. The lowest BCUT2D eigenvalue weighted by Crippen LogP contribution is -2.10. The SMILES string of the molecule is c1ccc(-c2cc(-c3ccc4sc5ccccc5c4c3)cc(N(c3cccc(-c4ccccn4)c3)c3ccc4sc5cccc(-c6cccc7ccc8ccccc8c67)c5c4c3)c2)cc1. The Bertz CT molecular complexity index is 3960. The number of hydrogen-bond donors (Lipinski definition) is 0. The molecule has 0 fully saturated rings. The Morgan fingerprint density at radius 2 is 0.938 bits per heavy atom. The zero-order valence-corrected chi connectivity index (χ0v) is 36.8. The Hall–Kier alpha value is -7.89. The van der Waals surface area contributed by atoms with Gasteiger partial charge in [-0.3, -0.25) is 4.98 Å². The summed E-state index contributed by atoms with van der Waals surface area (Å²) in [4.78, 5) is 7.22. The van der Waals surface area contributed by atoms with E-state index in [0.717, 1.165) is 39.4 Å². The monoisotopic (exact) mass is 862 g/mol. The van der Waals surface area contributed by atoms with E-state index in [1.807, 2.05) is 34.9 Å². The average Bonchev–Trinajstić information content (AvgIpc) is 3.95. The van der Waals surface area contributed by atoms with E-state index in [0.29, 0.717) is 0 Å². The van der Waals surface area contributed by atoms with Crippen LogP contribution in [0.1, 0.15) is 0 Å². The number of aromatic nitrogens is 1. The molecule has 0 unspecified atom stereocenters. The zero-order chi connectivity index (χ0) is 42.8. The third-order valence-electron chi connectivity index (χ3n) is 12.9. The highest BCUT2D eigenvalue weighted by atomic mass is 32.1. The van der Waals surface area contributed by atoms with Gasteiger partial charge in [-0.05, 0) is 140 Å². The molecule has 2 nitrogen and oxygen atoms in total. The van der Waals surface area contributed by atoms with Gasteiger partial charge in [0.15, 0.2) is 0 Å². The highest BCUT2D eigenvalue weighted by Gasteiger charge is 2.21. The van der Waals surface area contributed by atoms with Gasteiger partial charge in [0.2, 0.25) is 0 Å². The lowest BCUT2D eigenvalue weighted by Gasteiger charge is -2.27. The number of rotatable bonds is 7. The number of pyridine rings is 1. The van der Waals surface area contributed by atoms with Crippen molar-refractivity contribution in [2.45, 2.75) is 0 Å². The maximum absolute atomic E-state index is 4.78. The van der Waals surface area contributed by atoms with Crippen LogP contribution in [0.2, 0.25) is 0 Å². The number of nitrogens with zero attached hydrogens (tertiary/aromatic N) is 2. The average molecular weight is 863 g/mol. The minimum absolute atomic E-state index is 0.941. The van der Waals surface area contributed by atoms with Gasteiger partial charge in [-0.25, -0.2) is 0 Å². The summed E-state index contributed by atoms with van der Waals surface area (Å²) in [5.41, 5.74) is 12.4. The standard InChI is InChI=1S/C61H38N2S2/c1-2-13-39(14-3-1)44-33-45(42-28-30-57-53(37-42)50-20-6-7-24-56(50)64-57)36-48(35-44)63(46-18-10-17-43(34-46)55-23-8-9-32-62-55)47-29-31-58-54(38-47)61-52(22-12-25-59(61)65-58)51-21-11-16-41-27-26-40-15-4-5-19-49(40)60(41)51/h1-38H. The normalized spacial score (nSPS) is 11.7. The Balaban J connectivity index is 1.06. The first kappa shape index (κ1) is 37.6. The minimum atomic E-state index is 0.941. The molecule has 3 aromatic heterocycles. The molecule has 0 aliphatic heterocycles. The third-order valence-corrected chi connectivity index (χ3v) is 15.1. The van der Waals surface area contributed by atoms with Gasteiger partial charge in [0.05, 0.1) is 5.69 Å². The number of hydrogen-bond acceptors (Lipinski definition) is 4. The second kappa shape index (κ2) is 15.4. The molecule has 0 radical (unpaired) electrons. The summed E-state index contributed by atoms with van der Waals surface area (Å²) >= 11 is 3.72. The van der Waals surface area contributed by atoms with Crippen LogP contribution in [0.5, 0.6) is 0 Å². The van der Waals surface area contributed by atoms with Crippen molar-refractivity contribution in [3.8, 4) is 44.6 Å². The van der Waals surface area contributed by atoms with Crippen LogP contribution in [0.4, 0.5) is 17.1 Å². The third kappa shape index (κ3) is 6.49. The number of anilines is 3.